The Hall–Kier alpha value is -2.02. The first-order valence-corrected chi connectivity index (χ1v) is 6.13. The minimum Gasteiger partial charge on any atom is -0.494 e. The van der Waals surface area contributed by atoms with E-state index in [1.54, 1.807) is 0 Å². The second-order valence-corrected chi connectivity index (χ2v) is 3.90. The van der Waals surface area contributed by atoms with Crippen molar-refractivity contribution in [1.29, 1.82) is 5.26 Å². The number of ether oxygens (including phenoxy) is 1. The Morgan fingerprint density at radius 3 is 2.78 bits per heavy atom. The zero-order chi connectivity index (χ0) is 13.2. The summed E-state index contributed by atoms with van der Waals surface area (Å²) in [5.74, 6) is 0.0899. The molecule has 0 aliphatic rings. The fourth-order valence-corrected chi connectivity index (χ4v) is 1.45. The summed E-state index contributed by atoms with van der Waals surface area (Å²) >= 11 is 0. The lowest BCUT2D eigenvalue weighted by Crippen LogP contribution is -2.31. The average molecular weight is 246 g/mol. The second-order valence-electron chi connectivity index (χ2n) is 3.90. The highest BCUT2D eigenvalue weighted by molar-refractivity contribution is 5.80. The van der Waals surface area contributed by atoms with Crippen LogP contribution in [0.5, 0.6) is 5.75 Å². The van der Waals surface area contributed by atoms with Gasteiger partial charge in [-0.1, -0.05) is 25.1 Å². The molecule has 96 valence electrons. The van der Waals surface area contributed by atoms with Crippen LogP contribution in [-0.4, -0.2) is 19.1 Å². The highest BCUT2D eigenvalue weighted by Gasteiger charge is 2.13. The van der Waals surface area contributed by atoms with Crippen LogP contribution < -0.4 is 10.1 Å². The molecular weight excluding hydrogens is 228 g/mol. The van der Waals surface area contributed by atoms with Gasteiger partial charge >= 0.3 is 0 Å². The number of hydrogen-bond donors (Lipinski definition) is 1. The third kappa shape index (κ3) is 4.88. The fraction of sp³-hybridized carbons (Fsp3) is 0.429. The van der Waals surface area contributed by atoms with E-state index in [9.17, 15) is 4.79 Å². The standard InChI is InChI=1S/C14H18N2O2/c1-2-12(11-15)14(17)16-9-6-10-18-13-7-4-3-5-8-13/h3-5,7-8,12H,2,6,9-10H2,1H3,(H,16,17). The first kappa shape index (κ1) is 14.0. The maximum absolute atomic E-state index is 11.5. The van der Waals surface area contributed by atoms with Gasteiger partial charge in [-0.15, -0.1) is 0 Å². The van der Waals surface area contributed by atoms with Gasteiger partial charge in [0, 0.05) is 6.54 Å². The van der Waals surface area contributed by atoms with Gasteiger partial charge in [-0.05, 0) is 25.0 Å². The third-order valence-electron chi connectivity index (χ3n) is 2.51. The van der Waals surface area contributed by atoms with Crippen molar-refractivity contribution in [2.75, 3.05) is 13.2 Å². The van der Waals surface area contributed by atoms with Crippen molar-refractivity contribution < 1.29 is 9.53 Å². The van der Waals surface area contributed by atoms with Crippen LogP contribution in [0.25, 0.3) is 0 Å². The van der Waals surface area contributed by atoms with Gasteiger partial charge < -0.3 is 10.1 Å². The summed E-state index contributed by atoms with van der Waals surface area (Å²) in [6, 6.07) is 11.5. The van der Waals surface area contributed by atoms with Crippen molar-refractivity contribution >= 4 is 5.91 Å². The molecule has 1 aromatic carbocycles. The van der Waals surface area contributed by atoms with Crippen LogP contribution in [0.4, 0.5) is 0 Å². The van der Waals surface area contributed by atoms with E-state index in [0.29, 0.717) is 19.6 Å². The molecule has 1 atom stereocenters. The van der Waals surface area contributed by atoms with Crippen molar-refractivity contribution in [2.45, 2.75) is 19.8 Å². The van der Waals surface area contributed by atoms with E-state index in [0.717, 1.165) is 12.2 Å². The molecule has 0 saturated carbocycles. The molecule has 0 radical (unpaired) electrons. The van der Waals surface area contributed by atoms with Crippen LogP contribution in [0, 0.1) is 17.2 Å². The lowest BCUT2D eigenvalue weighted by molar-refractivity contribution is -0.123. The van der Waals surface area contributed by atoms with E-state index in [4.69, 9.17) is 10.00 Å². The van der Waals surface area contributed by atoms with Crippen molar-refractivity contribution in [3.63, 3.8) is 0 Å². The maximum atomic E-state index is 11.5. The quantitative estimate of drug-likeness (QED) is 0.749. The van der Waals surface area contributed by atoms with Crippen LogP contribution in [0.3, 0.4) is 0 Å². The summed E-state index contributed by atoms with van der Waals surface area (Å²) in [6.45, 7) is 2.91. The summed E-state index contributed by atoms with van der Waals surface area (Å²) in [4.78, 5) is 11.5. The number of hydrogen-bond acceptors (Lipinski definition) is 3. The maximum Gasteiger partial charge on any atom is 0.237 e. The molecular formula is C14H18N2O2. The molecule has 0 bridgehead atoms. The third-order valence-corrected chi connectivity index (χ3v) is 2.51. The van der Waals surface area contributed by atoms with Crippen LogP contribution in [0.1, 0.15) is 19.8 Å². The average Bonchev–Trinajstić information content (AvgIpc) is 2.41. The molecule has 0 aromatic heterocycles. The predicted octanol–water partition coefficient (Wildman–Crippen LogP) is 2.12. The van der Waals surface area contributed by atoms with E-state index >= 15 is 0 Å². The number of nitriles is 1. The molecule has 1 unspecified atom stereocenters. The first-order valence-electron chi connectivity index (χ1n) is 6.13. The van der Waals surface area contributed by atoms with Crippen LogP contribution in [-0.2, 0) is 4.79 Å². The van der Waals surface area contributed by atoms with E-state index in [1.807, 2.05) is 43.3 Å². The Labute approximate surface area is 108 Å². The molecule has 0 saturated heterocycles. The highest BCUT2D eigenvalue weighted by atomic mass is 16.5. The van der Waals surface area contributed by atoms with Gasteiger partial charge in [-0.3, -0.25) is 4.79 Å². The van der Waals surface area contributed by atoms with Crippen LogP contribution in [0.2, 0.25) is 0 Å². The second kappa shape index (κ2) is 8.13. The number of nitrogens with zero attached hydrogens (tertiary/aromatic N) is 1. The van der Waals surface area contributed by atoms with Crippen molar-refractivity contribution in [3.8, 4) is 11.8 Å². The molecule has 0 heterocycles. The molecule has 1 aromatic rings. The normalized spacial score (nSPS) is 11.3. The van der Waals surface area contributed by atoms with Crippen molar-refractivity contribution in [2.24, 2.45) is 5.92 Å². The molecule has 4 heteroatoms. The Bertz CT molecular complexity index is 398. The SMILES string of the molecule is CCC(C#N)C(=O)NCCCOc1ccccc1. The van der Waals surface area contributed by atoms with Crippen molar-refractivity contribution in [1.82, 2.24) is 5.32 Å². The van der Waals surface area contributed by atoms with E-state index in [-0.39, 0.29) is 5.91 Å². The van der Waals surface area contributed by atoms with Crippen LogP contribution >= 0.6 is 0 Å². The van der Waals surface area contributed by atoms with E-state index in [1.165, 1.54) is 0 Å². The number of para-hydroxylation sites is 1. The van der Waals surface area contributed by atoms with Gasteiger partial charge in [-0.2, -0.15) is 5.26 Å². The van der Waals surface area contributed by atoms with Gasteiger partial charge in [0.15, 0.2) is 0 Å². The fourth-order valence-electron chi connectivity index (χ4n) is 1.45. The molecule has 1 N–H and O–H groups in total. The number of benzene rings is 1. The monoisotopic (exact) mass is 246 g/mol. The van der Waals surface area contributed by atoms with Gasteiger partial charge in [0.1, 0.15) is 11.7 Å². The molecule has 1 amide bonds. The topological polar surface area (TPSA) is 62.1 Å². The number of nitrogens with one attached hydrogen (secondary N) is 1. The smallest absolute Gasteiger partial charge is 0.237 e. The Kier molecular flexibility index (Phi) is 6.34. The summed E-state index contributed by atoms with van der Waals surface area (Å²) in [5, 5.41) is 11.4. The highest BCUT2D eigenvalue weighted by Crippen LogP contribution is 2.08. The van der Waals surface area contributed by atoms with Gasteiger partial charge in [-0.25, -0.2) is 0 Å². The Balaban J connectivity index is 2.12. The molecule has 18 heavy (non-hydrogen) atoms. The summed E-state index contributed by atoms with van der Waals surface area (Å²) < 4.78 is 5.48. The lowest BCUT2D eigenvalue weighted by atomic mass is 10.1. The zero-order valence-corrected chi connectivity index (χ0v) is 10.6. The molecule has 4 nitrogen and oxygen atoms in total. The molecule has 0 fully saturated rings. The van der Waals surface area contributed by atoms with E-state index < -0.39 is 5.92 Å². The number of carbonyl (C=O) groups is 1. The van der Waals surface area contributed by atoms with E-state index in [2.05, 4.69) is 5.32 Å². The molecule has 1 rings (SSSR count). The number of rotatable bonds is 7. The Morgan fingerprint density at radius 2 is 2.17 bits per heavy atom. The van der Waals surface area contributed by atoms with Crippen molar-refractivity contribution in [3.05, 3.63) is 30.3 Å². The number of carbonyl (C=O) groups excluding carboxylic acids is 1. The largest absolute Gasteiger partial charge is 0.494 e. The Morgan fingerprint density at radius 1 is 1.44 bits per heavy atom. The summed E-state index contributed by atoms with van der Waals surface area (Å²) in [6.07, 6.45) is 1.27. The molecule has 0 spiro atoms. The predicted molar refractivity (Wildman–Crippen MR) is 69.0 cm³/mol. The zero-order valence-electron chi connectivity index (χ0n) is 10.6. The molecule has 0 aliphatic carbocycles. The van der Waals surface area contributed by atoms with Gasteiger partial charge in [0.25, 0.3) is 0 Å². The van der Waals surface area contributed by atoms with Gasteiger partial charge in [0.2, 0.25) is 5.91 Å². The minimum atomic E-state index is -0.542. The van der Waals surface area contributed by atoms with Gasteiger partial charge in [0.05, 0.1) is 12.7 Å². The minimum absolute atomic E-state index is 0.195. The number of amides is 1. The summed E-state index contributed by atoms with van der Waals surface area (Å²) in [7, 11) is 0. The molecule has 0 aliphatic heterocycles. The first-order chi connectivity index (χ1) is 8.77. The van der Waals surface area contributed by atoms with Crippen LogP contribution in [0.15, 0.2) is 30.3 Å². The summed E-state index contributed by atoms with van der Waals surface area (Å²) in [5.41, 5.74) is 0. The lowest BCUT2D eigenvalue weighted by Gasteiger charge is -2.09.